The van der Waals surface area contributed by atoms with E-state index in [1.807, 2.05) is 27.0 Å². The molecule has 24 heavy (non-hydrogen) atoms. The van der Waals surface area contributed by atoms with E-state index in [2.05, 4.69) is 15.3 Å². The number of nitriles is 1. The van der Waals surface area contributed by atoms with Gasteiger partial charge in [0, 0.05) is 23.7 Å². The van der Waals surface area contributed by atoms with Crippen LogP contribution in [0.2, 0.25) is 0 Å². The van der Waals surface area contributed by atoms with E-state index in [-0.39, 0.29) is 17.0 Å². The van der Waals surface area contributed by atoms with Gasteiger partial charge in [-0.1, -0.05) is 20.8 Å². The molecule has 1 N–H and O–H groups in total. The van der Waals surface area contributed by atoms with Crippen molar-refractivity contribution in [2.75, 3.05) is 11.4 Å². The number of aryl methyl sites for hydroxylation is 1. The molecule has 0 saturated carbocycles. The minimum Gasteiger partial charge on any atom is -0.350 e. The molecule has 8 heteroatoms. The van der Waals surface area contributed by atoms with Gasteiger partial charge in [-0.15, -0.1) is 11.3 Å². The highest BCUT2D eigenvalue weighted by Gasteiger charge is 2.21. The van der Waals surface area contributed by atoms with Crippen molar-refractivity contribution < 1.29 is 9.18 Å². The maximum absolute atomic E-state index is 13.3. The van der Waals surface area contributed by atoms with Crippen LogP contribution in [0, 0.1) is 29.7 Å². The van der Waals surface area contributed by atoms with Crippen LogP contribution in [0.4, 0.5) is 15.2 Å². The Bertz CT molecular complexity index is 790. The molecule has 0 fully saturated rings. The highest BCUT2D eigenvalue weighted by molar-refractivity contribution is 7.16. The van der Waals surface area contributed by atoms with Crippen molar-refractivity contribution in [1.82, 2.24) is 15.3 Å². The summed E-state index contributed by atoms with van der Waals surface area (Å²) in [5, 5.41) is 12.5. The van der Waals surface area contributed by atoms with Crippen molar-refractivity contribution in [1.29, 1.82) is 5.26 Å². The van der Waals surface area contributed by atoms with Crippen molar-refractivity contribution >= 4 is 28.1 Å². The molecule has 6 nitrogen and oxygen atoms in total. The highest BCUT2D eigenvalue weighted by atomic mass is 32.1. The lowest BCUT2D eigenvalue weighted by Crippen LogP contribution is -2.32. The number of aromatic nitrogens is 2. The zero-order valence-electron chi connectivity index (χ0n) is 13.9. The zero-order valence-corrected chi connectivity index (χ0v) is 14.7. The fourth-order valence-electron chi connectivity index (χ4n) is 1.86. The number of rotatable bonds is 4. The van der Waals surface area contributed by atoms with E-state index in [1.54, 1.807) is 6.92 Å². The van der Waals surface area contributed by atoms with Crippen LogP contribution >= 0.6 is 11.3 Å². The van der Waals surface area contributed by atoms with Crippen molar-refractivity contribution in [3.63, 3.8) is 0 Å². The van der Waals surface area contributed by atoms with E-state index < -0.39 is 5.95 Å². The summed E-state index contributed by atoms with van der Waals surface area (Å²) < 4.78 is 13.3. The number of hydrogen-bond donors (Lipinski definition) is 1. The van der Waals surface area contributed by atoms with Crippen LogP contribution in [0.5, 0.6) is 0 Å². The molecule has 0 aliphatic heterocycles. The summed E-state index contributed by atoms with van der Waals surface area (Å²) in [5.41, 5.74) is 0.532. The third-order valence-electron chi connectivity index (χ3n) is 3.04. The number of amides is 1. The van der Waals surface area contributed by atoms with Gasteiger partial charge in [-0.25, -0.2) is 14.9 Å². The Labute approximate surface area is 144 Å². The Morgan fingerprint density at radius 3 is 2.79 bits per heavy atom. The average Bonchev–Trinajstić information content (AvgIpc) is 2.87. The summed E-state index contributed by atoms with van der Waals surface area (Å²) in [7, 11) is 0. The Morgan fingerprint density at radius 2 is 2.21 bits per heavy atom. The summed E-state index contributed by atoms with van der Waals surface area (Å²) in [4.78, 5) is 21.9. The van der Waals surface area contributed by atoms with E-state index in [1.165, 1.54) is 28.5 Å². The van der Waals surface area contributed by atoms with Crippen LogP contribution in [0.25, 0.3) is 0 Å². The van der Waals surface area contributed by atoms with Crippen LogP contribution in [-0.4, -0.2) is 22.4 Å². The standard InChI is InChI=1S/C16H18FN5OS/c1-10-13(14(23)20-8-16(2,3)4)21-15(24-10)22(9-18)11-5-6-19-12(17)7-11/h5-7H,8H2,1-4H3,(H,20,23). The number of carbonyl (C=O) groups excluding carboxylic acids is 1. The van der Waals surface area contributed by atoms with Crippen LogP contribution in [0.3, 0.4) is 0 Å². The molecule has 2 aromatic rings. The monoisotopic (exact) mass is 347 g/mol. The third-order valence-corrected chi connectivity index (χ3v) is 4.00. The zero-order chi connectivity index (χ0) is 17.9. The minimum atomic E-state index is -0.691. The number of nitrogens with zero attached hydrogens (tertiary/aromatic N) is 4. The first-order valence-electron chi connectivity index (χ1n) is 7.28. The molecule has 0 spiro atoms. The molecule has 0 atom stereocenters. The van der Waals surface area contributed by atoms with Crippen molar-refractivity contribution in [2.45, 2.75) is 27.7 Å². The molecule has 2 aromatic heterocycles. The lowest BCUT2D eigenvalue weighted by molar-refractivity contribution is 0.0934. The van der Waals surface area contributed by atoms with Gasteiger partial charge in [-0.05, 0) is 18.4 Å². The van der Waals surface area contributed by atoms with E-state index in [4.69, 9.17) is 0 Å². The number of carbonyl (C=O) groups is 1. The number of nitrogens with one attached hydrogen (secondary N) is 1. The summed E-state index contributed by atoms with van der Waals surface area (Å²) in [6, 6.07) is 2.64. The molecule has 2 heterocycles. The van der Waals surface area contributed by atoms with Crippen LogP contribution in [0.15, 0.2) is 18.3 Å². The Balaban J connectivity index is 2.27. The van der Waals surface area contributed by atoms with Crippen LogP contribution < -0.4 is 10.2 Å². The number of anilines is 2. The number of hydrogen-bond acceptors (Lipinski definition) is 6. The van der Waals surface area contributed by atoms with Crippen molar-refractivity contribution in [3.05, 3.63) is 34.8 Å². The predicted octanol–water partition coefficient (Wildman–Crippen LogP) is 3.38. The van der Waals surface area contributed by atoms with Gasteiger partial charge < -0.3 is 5.32 Å². The normalized spacial score (nSPS) is 11.0. The van der Waals surface area contributed by atoms with Crippen LogP contribution in [-0.2, 0) is 0 Å². The summed E-state index contributed by atoms with van der Waals surface area (Å²) in [6.45, 7) is 8.32. The fourth-order valence-corrected chi connectivity index (χ4v) is 2.74. The van der Waals surface area contributed by atoms with E-state index in [0.717, 1.165) is 6.07 Å². The summed E-state index contributed by atoms with van der Waals surface area (Å²) in [6.07, 6.45) is 3.22. The van der Waals surface area contributed by atoms with Crippen molar-refractivity contribution in [2.24, 2.45) is 5.41 Å². The number of thiazole rings is 1. The van der Waals surface area contributed by atoms with Gasteiger partial charge in [0.05, 0.1) is 5.69 Å². The fraction of sp³-hybridized carbons (Fsp3) is 0.375. The maximum atomic E-state index is 13.3. The van der Waals surface area contributed by atoms with Crippen LogP contribution in [0.1, 0.15) is 36.1 Å². The Morgan fingerprint density at radius 1 is 1.50 bits per heavy atom. The first-order chi connectivity index (χ1) is 11.2. The SMILES string of the molecule is Cc1sc(N(C#N)c2ccnc(F)c2)nc1C(=O)NCC(C)(C)C. The summed E-state index contributed by atoms with van der Waals surface area (Å²) >= 11 is 1.20. The second-order valence-corrected chi connectivity index (χ2v) is 7.60. The number of pyridine rings is 1. The first-order valence-corrected chi connectivity index (χ1v) is 8.10. The van der Waals surface area contributed by atoms with E-state index >= 15 is 0 Å². The van der Waals surface area contributed by atoms with Gasteiger partial charge in [0.15, 0.2) is 6.19 Å². The second-order valence-electron chi connectivity index (χ2n) is 6.42. The van der Waals surface area contributed by atoms with Gasteiger partial charge in [-0.2, -0.15) is 9.65 Å². The summed E-state index contributed by atoms with van der Waals surface area (Å²) in [5.74, 6) is -0.979. The van der Waals surface area contributed by atoms with Crippen molar-refractivity contribution in [3.8, 4) is 6.19 Å². The lowest BCUT2D eigenvalue weighted by Gasteiger charge is -2.18. The van der Waals surface area contributed by atoms with E-state index in [0.29, 0.717) is 22.2 Å². The molecule has 0 aliphatic rings. The third kappa shape index (κ3) is 4.26. The van der Waals surface area contributed by atoms with E-state index in [9.17, 15) is 14.4 Å². The lowest BCUT2D eigenvalue weighted by atomic mass is 9.97. The molecule has 0 aliphatic carbocycles. The molecule has 0 unspecified atom stereocenters. The molecule has 126 valence electrons. The smallest absolute Gasteiger partial charge is 0.271 e. The molecule has 0 bridgehead atoms. The molecule has 0 aromatic carbocycles. The first kappa shape index (κ1) is 17.8. The van der Waals surface area contributed by atoms with Gasteiger partial charge >= 0.3 is 0 Å². The highest BCUT2D eigenvalue weighted by Crippen LogP contribution is 2.31. The average molecular weight is 347 g/mol. The molecule has 1 amide bonds. The predicted molar refractivity (Wildman–Crippen MR) is 90.6 cm³/mol. The Hall–Kier alpha value is -2.53. The molecular weight excluding hydrogens is 329 g/mol. The topological polar surface area (TPSA) is 81.9 Å². The quantitative estimate of drug-likeness (QED) is 0.521. The largest absolute Gasteiger partial charge is 0.350 e. The van der Waals surface area contributed by atoms with Gasteiger partial charge in [0.1, 0.15) is 5.69 Å². The van der Waals surface area contributed by atoms with Gasteiger partial charge in [0.25, 0.3) is 5.91 Å². The van der Waals surface area contributed by atoms with Gasteiger partial charge in [-0.3, -0.25) is 4.79 Å². The molecule has 0 radical (unpaired) electrons. The number of halogens is 1. The Kier molecular flexibility index (Phi) is 5.14. The minimum absolute atomic E-state index is 0.0460. The van der Waals surface area contributed by atoms with Gasteiger partial charge in [0.2, 0.25) is 11.1 Å². The molecule has 0 saturated heterocycles. The second kappa shape index (κ2) is 6.93. The molecule has 2 rings (SSSR count). The molecular formula is C16H18FN5OS. The maximum Gasteiger partial charge on any atom is 0.271 e.